The van der Waals surface area contributed by atoms with Crippen molar-refractivity contribution in [2.24, 2.45) is 0 Å². The number of nitrogens with zero attached hydrogens (tertiary/aromatic N) is 5. The Morgan fingerprint density at radius 2 is 2.33 bits per heavy atom. The maximum atomic E-state index is 11.6. The molecular weight excluding hydrogens is 234 g/mol. The molecule has 0 aromatic carbocycles. The first kappa shape index (κ1) is 12.0. The van der Waals surface area contributed by atoms with Crippen LogP contribution in [0.4, 0.5) is 0 Å². The van der Waals surface area contributed by atoms with Crippen LogP contribution in [0.1, 0.15) is 23.1 Å². The summed E-state index contributed by atoms with van der Waals surface area (Å²) in [6, 6.07) is 1.73. The highest BCUT2D eigenvalue weighted by atomic mass is 16.5. The summed E-state index contributed by atoms with van der Waals surface area (Å²) in [6.45, 7) is 3.99. The second-order valence-electron chi connectivity index (χ2n) is 3.56. The Morgan fingerprint density at radius 3 is 3.00 bits per heavy atom. The number of fused-ring (bicyclic) bond motifs is 1. The van der Waals surface area contributed by atoms with E-state index in [-0.39, 0.29) is 12.3 Å². The lowest BCUT2D eigenvalue weighted by Crippen LogP contribution is -2.11. The van der Waals surface area contributed by atoms with Gasteiger partial charge in [-0.1, -0.05) is 0 Å². The van der Waals surface area contributed by atoms with Crippen LogP contribution >= 0.6 is 0 Å². The minimum atomic E-state index is -0.646. The number of carbonyl (C=O) groups excluding carboxylic acids is 1. The van der Waals surface area contributed by atoms with Crippen molar-refractivity contribution >= 4 is 17.1 Å². The Labute approximate surface area is 103 Å². The van der Waals surface area contributed by atoms with E-state index in [9.17, 15) is 4.79 Å². The molecule has 0 radical (unpaired) electrons. The topological polar surface area (TPSA) is 93.7 Å². The van der Waals surface area contributed by atoms with Crippen LogP contribution in [0.15, 0.2) is 6.20 Å². The Morgan fingerprint density at radius 1 is 1.56 bits per heavy atom. The number of ether oxygens (including phenoxy) is 1. The molecule has 92 valence electrons. The molecule has 0 amide bonds. The van der Waals surface area contributed by atoms with Gasteiger partial charge in [0.2, 0.25) is 0 Å². The van der Waals surface area contributed by atoms with Gasteiger partial charge in [0.1, 0.15) is 11.6 Å². The molecule has 2 aromatic rings. The molecule has 0 saturated heterocycles. The smallest absolute Gasteiger partial charge is 0.359 e. The number of aromatic nitrogens is 4. The van der Waals surface area contributed by atoms with Crippen molar-refractivity contribution in [1.82, 2.24) is 19.7 Å². The summed E-state index contributed by atoms with van der Waals surface area (Å²) in [6.07, 6.45) is 1.55. The number of aryl methyl sites for hydroxylation is 2. The summed E-state index contributed by atoms with van der Waals surface area (Å²) < 4.78 is 6.40. The lowest BCUT2D eigenvalue weighted by atomic mass is 10.3. The molecule has 0 aliphatic heterocycles. The predicted molar refractivity (Wildman–Crippen MR) is 61.6 cm³/mol. The molecule has 0 atom stereocenters. The van der Waals surface area contributed by atoms with Crippen LogP contribution in [0.25, 0.3) is 11.2 Å². The summed E-state index contributed by atoms with van der Waals surface area (Å²) in [5.41, 5.74) is 1.74. The van der Waals surface area contributed by atoms with Gasteiger partial charge in [-0.25, -0.2) is 19.4 Å². The molecule has 2 aromatic heterocycles. The van der Waals surface area contributed by atoms with Crippen LogP contribution in [0.2, 0.25) is 0 Å². The molecule has 2 rings (SSSR count). The predicted octanol–water partition coefficient (Wildman–Crippen LogP) is 0.835. The van der Waals surface area contributed by atoms with Gasteiger partial charge in [-0.3, -0.25) is 0 Å². The molecule has 0 unspecified atom stereocenters. The normalized spacial score (nSPS) is 10.3. The van der Waals surface area contributed by atoms with Crippen molar-refractivity contribution in [3.8, 4) is 6.07 Å². The Bertz CT molecular complexity index is 641. The quantitative estimate of drug-likeness (QED) is 0.743. The second-order valence-corrected chi connectivity index (χ2v) is 3.56. The molecule has 18 heavy (non-hydrogen) atoms. The average Bonchev–Trinajstić information content (AvgIpc) is 2.76. The van der Waals surface area contributed by atoms with Crippen LogP contribution in [-0.4, -0.2) is 32.3 Å². The van der Waals surface area contributed by atoms with Crippen molar-refractivity contribution < 1.29 is 9.53 Å². The minimum absolute atomic E-state index is 0.119. The minimum Gasteiger partial charge on any atom is -0.445 e. The fourth-order valence-electron chi connectivity index (χ4n) is 1.57. The molecule has 0 spiro atoms. The highest BCUT2D eigenvalue weighted by Gasteiger charge is 2.16. The molecule has 0 N–H and O–H groups in total. The van der Waals surface area contributed by atoms with E-state index in [0.717, 1.165) is 0 Å². The zero-order valence-electron chi connectivity index (χ0n) is 10.0. The number of esters is 1. The van der Waals surface area contributed by atoms with E-state index < -0.39 is 5.97 Å². The van der Waals surface area contributed by atoms with E-state index in [2.05, 4.69) is 15.1 Å². The first-order valence-electron chi connectivity index (χ1n) is 5.41. The van der Waals surface area contributed by atoms with E-state index in [4.69, 9.17) is 10.00 Å². The van der Waals surface area contributed by atoms with Crippen LogP contribution < -0.4 is 0 Å². The van der Waals surface area contributed by atoms with Gasteiger partial charge < -0.3 is 4.74 Å². The third-order valence-electron chi connectivity index (χ3n) is 2.40. The van der Waals surface area contributed by atoms with Gasteiger partial charge in [0.05, 0.1) is 11.9 Å². The van der Waals surface area contributed by atoms with E-state index in [1.54, 1.807) is 23.9 Å². The van der Waals surface area contributed by atoms with Crippen LogP contribution in [0.3, 0.4) is 0 Å². The van der Waals surface area contributed by atoms with E-state index in [1.165, 1.54) is 0 Å². The third kappa shape index (κ3) is 2.00. The molecule has 2 heterocycles. The van der Waals surface area contributed by atoms with Gasteiger partial charge in [-0.15, -0.1) is 0 Å². The highest BCUT2D eigenvalue weighted by molar-refractivity contribution is 5.90. The number of hydrogen-bond donors (Lipinski definition) is 0. The number of carbonyl (C=O) groups is 1. The van der Waals surface area contributed by atoms with Crippen LogP contribution in [0, 0.1) is 18.3 Å². The van der Waals surface area contributed by atoms with Gasteiger partial charge in [-0.05, 0) is 13.8 Å². The van der Waals surface area contributed by atoms with Gasteiger partial charge in [0.15, 0.2) is 17.9 Å². The van der Waals surface area contributed by atoms with Crippen LogP contribution in [-0.2, 0) is 11.3 Å². The molecule has 0 aliphatic rings. The lowest BCUT2D eigenvalue weighted by Gasteiger charge is -2.04. The Balaban J connectivity index is 2.44. The molecule has 0 saturated carbocycles. The van der Waals surface area contributed by atoms with Gasteiger partial charge in [-0.2, -0.15) is 10.4 Å². The lowest BCUT2D eigenvalue weighted by molar-refractivity contribution is 0.0547. The fourth-order valence-corrected chi connectivity index (χ4v) is 1.57. The van der Waals surface area contributed by atoms with Crippen molar-refractivity contribution in [1.29, 1.82) is 5.26 Å². The van der Waals surface area contributed by atoms with E-state index in [0.29, 0.717) is 23.4 Å². The maximum Gasteiger partial charge on any atom is 0.359 e. The highest BCUT2D eigenvalue weighted by Crippen LogP contribution is 2.13. The molecular formula is C11H11N5O2. The van der Waals surface area contributed by atoms with Crippen molar-refractivity contribution in [2.45, 2.75) is 20.4 Å². The Hall–Kier alpha value is -2.49. The van der Waals surface area contributed by atoms with Gasteiger partial charge >= 0.3 is 5.97 Å². The second kappa shape index (κ2) is 4.79. The summed E-state index contributed by atoms with van der Waals surface area (Å²) in [5.74, 6) is -0.646. The molecule has 0 aliphatic carbocycles. The summed E-state index contributed by atoms with van der Waals surface area (Å²) in [4.78, 5) is 20.1. The SMILES string of the molecule is CCn1ncc2nc(C(=O)OCC#N)c(C)nc21. The number of hydrogen-bond acceptors (Lipinski definition) is 6. The first-order chi connectivity index (χ1) is 8.67. The van der Waals surface area contributed by atoms with Crippen molar-refractivity contribution in [3.05, 3.63) is 17.6 Å². The van der Waals surface area contributed by atoms with E-state index >= 15 is 0 Å². The molecule has 0 bridgehead atoms. The standard InChI is InChI=1S/C11H11N5O2/c1-3-16-10-8(6-13-16)15-9(7(2)14-10)11(17)18-5-4-12/h6H,3,5H2,1-2H3. The average molecular weight is 245 g/mol. The van der Waals surface area contributed by atoms with Gasteiger partial charge in [0, 0.05) is 6.54 Å². The third-order valence-corrected chi connectivity index (χ3v) is 2.40. The zero-order valence-corrected chi connectivity index (χ0v) is 10.0. The fraction of sp³-hybridized carbons (Fsp3) is 0.364. The molecule has 7 nitrogen and oxygen atoms in total. The van der Waals surface area contributed by atoms with E-state index in [1.807, 2.05) is 6.92 Å². The largest absolute Gasteiger partial charge is 0.445 e. The summed E-state index contributed by atoms with van der Waals surface area (Å²) in [5, 5.41) is 12.5. The first-order valence-corrected chi connectivity index (χ1v) is 5.41. The monoisotopic (exact) mass is 245 g/mol. The van der Waals surface area contributed by atoms with Crippen LogP contribution in [0.5, 0.6) is 0 Å². The molecule has 0 fully saturated rings. The Kier molecular flexibility index (Phi) is 3.19. The molecule has 7 heteroatoms. The van der Waals surface area contributed by atoms with Crippen molar-refractivity contribution in [3.63, 3.8) is 0 Å². The summed E-state index contributed by atoms with van der Waals surface area (Å²) in [7, 11) is 0. The summed E-state index contributed by atoms with van der Waals surface area (Å²) >= 11 is 0. The maximum absolute atomic E-state index is 11.6. The zero-order chi connectivity index (χ0) is 13.1. The number of rotatable bonds is 3. The van der Waals surface area contributed by atoms with Crippen molar-refractivity contribution in [2.75, 3.05) is 6.61 Å². The number of nitriles is 1. The van der Waals surface area contributed by atoms with Gasteiger partial charge in [0.25, 0.3) is 0 Å².